The Morgan fingerprint density at radius 2 is 0.540 bits per heavy atom. The predicted octanol–water partition coefficient (Wildman–Crippen LogP) is 24.8. The van der Waals surface area contributed by atoms with Crippen molar-refractivity contribution in [1.29, 1.82) is 0 Å². The Kier molecular flexibility index (Phi) is 20.8. The molecule has 0 atom stereocenters. The maximum absolute atomic E-state index is 14.9. The van der Waals surface area contributed by atoms with Gasteiger partial charge in [-0.1, -0.05) is 90.1 Å². The molecule has 11 aromatic rings. The summed E-state index contributed by atoms with van der Waals surface area (Å²) in [6, 6.07) is 28.2. The van der Waals surface area contributed by atoms with Crippen molar-refractivity contribution in [1.82, 2.24) is 0 Å². The number of nitrogens with zero attached hydrogens (tertiary/aromatic N) is 2. The second kappa shape index (κ2) is 28.4. The van der Waals surface area contributed by atoms with Crippen molar-refractivity contribution in [2.75, 3.05) is 38.2 Å². The van der Waals surface area contributed by atoms with E-state index in [0.29, 0.717) is 75.8 Å². The van der Waals surface area contributed by atoms with E-state index in [9.17, 15) is 105 Å². The SMILES string of the molecule is COc1c(C(C)(C)C)cc(N2CC[N+]3(CC2)Cc2c(-c4cc(-c5cc(C(F)(F)F)cc(C(F)(F)F)c5)cc(-c5cc(C(F)(F)F)cc(C(F)(F)F)c5)c4)cc4ccccc4c2-c2c(c(-c4cc(-c5cc(C(F)(F)F)cc(C(F)(F)F)c5)cc(-c5cc(C(F)(F)F)cc(C(F)(F)F)c5)c4)cc4ccccc24)C3)cc1C(C)(C)C.[Br-]. The number of hydrogen-bond acceptors (Lipinski definition) is 2. The number of halogens is 25. The maximum Gasteiger partial charge on any atom is 0.416 e. The lowest BCUT2D eigenvalue weighted by Gasteiger charge is -2.46. The lowest BCUT2D eigenvalue weighted by molar-refractivity contribution is -0.953. The summed E-state index contributed by atoms with van der Waals surface area (Å²) in [4.78, 5) is 2.09. The first-order chi connectivity index (χ1) is 51.6. The standard InChI is InChI=1S/C85H63F24N2O.BrH/c1-76(2,3)71-40-64(41-72(75(71)112-7)77(4,5)6)110-16-18-111(19-17-110)42-69-67(54-22-46(50-26-56(78(86,87)88)36-57(27-50)79(89,90)91)20-47(23-54)51-28-58(80(92,93)94)37-59(29-51)81(95,96)97)34-44-12-8-10-14-65(44)73(69)74-66-15-11-9-13-45(66)35-68(70(74)43-111)55-24-48(52-30-60(82(98,99)100)38-61(31-52)83(101,102)103)21-49(25-55)53-32-62(84(104,105)106)39-63(33-53)85(107,108)109;/h8-15,20-41H,16-19,42-43H2,1-7H3;1H/q+1;/p-1. The van der Waals surface area contributed by atoms with E-state index in [1.807, 2.05) is 53.7 Å². The first kappa shape index (κ1) is 82.7. The van der Waals surface area contributed by atoms with Gasteiger partial charge in [0.25, 0.3) is 0 Å². The van der Waals surface area contributed by atoms with Crippen molar-refractivity contribution in [3.8, 4) is 83.6 Å². The lowest BCUT2D eigenvalue weighted by atomic mass is 9.79. The van der Waals surface area contributed by atoms with Gasteiger partial charge in [0.15, 0.2) is 0 Å². The molecule has 1 saturated heterocycles. The summed E-state index contributed by atoms with van der Waals surface area (Å²) >= 11 is 0. The van der Waals surface area contributed by atoms with Gasteiger partial charge in [0.1, 0.15) is 18.8 Å². The van der Waals surface area contributed by atoms with Gasteiger partial charge in [-0.3, -0.25) is 0 Å². The number of quaternary nitrogens is 1. The van der Waals surface area contributed by atoms with Crippen molar-refractivity contribution in [2.24, 2.45) is 0 Å². The Hall–Kier alpha value is -9.70. The van der Waals surface area contributed by atoms with Gasteiger partial charge >= 0.3 is 49.4 Å². The van der Waals surface area contributed by atoms with Crippen molar-refractivity contribution in [2.45, 2.75) is 115 Å². The first-order valence-electron chi connectivity index (χ1n) is 34.6. The molecule has 2 aliphatic rings. The Bertz CT molecular complexity index is 4910. The smallest absolute Gasteiger partial charge is 0.416 e. The molecule has 0 N–H and O–H groups in total. The molecule has 3 nitrogen and oxygen atoms in total. The molecule has 11 aromatic carbocycles. The molecule has 0 amide bonds. The number of fused-ring (bicyclic) bond motifs is 7. The topological polar surface area (TPSA) is 12.5 Å². The Labute approximate surface area is 641 Å². The Balaban J connectivity index is 0.0000118. The van der Waals surface area contributed by atoms with E-state index < -0.39 is 149 Å². The molecule has 0 unspecified atom stereocenters. The van der Waals surface area contributed by atoms with E-state index in [-0.39, 0.29) is 130 Å². The van der Waals surface area contributed by atoms with Crippen molar-refractivity contribution >= 4 is 27.2 Å². The van der Waals surface area contributed by atoms with E-state index in [1.54, 1.807) is 67.8 Å². The summed E-state index contributed by atoms with van der Waals surface area (Å²) in [5, 5.41) is 1.35. The fraction of sp³-hybridized carbons (Fsp3) is 0.271. The molecule has 0 aliphatic carbocycles. The first-order valence-corrected chi connectivity index (χ1v) is 34.6. The molecular formula is C85H63BrF24N2O. The fourth-order valence-electron chi connectivity index (χ4n) is 15.2. The minimum atomic E-state index is -5.49. The van der Waals surface area contributed by atoms with Gasteiger partial charge in [0.2, 0.25) is 0 Å². The molecule has 0 radical (unpaired) electrons. The maximum atomic E-state index is 14.9. The predicted molar refractivity (Wildman–Crippen MR) is 380 cm³/mol. The number of anilines is 1. The number of piperazine rings is 1. The number of methoxy groups -OCH3 is 1. The van der Waals surface area contributed by atoms with Crippen molar-refractivity contribution in [3.63, 3.8) is 0 Å². The number of ether oxygens (including phenoxy) is 1. The molecule has 113 heavy (non-hydrogen) atoms. The highest BCUT2D eigenvalue weighted by Crippen LogP contribution is 2.55. The number of alkyl halides is 24. The molecule has 2 heterocycles. The third kappa shape index (κ3) is 16.7. The van der Waals surface area contributed by atoms with Crippen LogP contribution < -0.4 is 26.6 Å². The van der Waals surface area contributed by atoms with E-state index in [2.05, 4.69) is 4.90 Å². The van der Waals surface area contributed by atoms with Gasteiger partial charge in [-0.15, -0.1) is 0 Å². The summed E-state index contributed by atoms with van der Waals surface area (Å²) < 4.78 is 364. The highest BCUT2D eigenvalue weighted by molar-refractivity contribution is 6.12. The molecular weight excluding hydrogens is 1600 g/mol. The zero-order chi connectivity index (χ0) is 81.7. The van der Waals surface area contributed by atoms with E-state index in [4.69, 9.17) is 4.74 Å². The minimum Gasteiger partial charge on any atom is -1.00 e. The molecule has 0 bridgehead atoms. The van der Waals surface area contributed by atoms with Gasteiger partial charge < -0.3 is 31.1 Å². The average Bonchev–Trinajstić information content (AvgIpc) is 1.65. The third-order valence-electron chi connectivity index (χ3n) is 20.7. The van der Waals surface area contributed by atoms with Crippen LogP contribution in [0.3, 0.4) is 0 Å². The molecule has 28 heteroatoms. The summed E-state index contributed by atoms with van der Waals surface area (Å²) in [5.41, 5.74) is -18.2. The second-order valence-electron chi connectivity index (χ2n) is 30.4. The van der Waals surface area contributed by atoms with Crippen LogP contribution in [0.4, 0.5) is 111 Å². The molecule has 2 aliphatic heterocycles. The molecule has 0 saturated carbocycles. The van der Waals surface area contributed by atoms with Gasteiger partial charge in [-0.25, -0.2) is 0 Å². The highest BCUT2D eigenvalue weighted by atomic mass is 79.9. The van der Waals surface area contributed by atoms with Crippen molar-refractivity contribution < 1.29 is 132 Å². The number of rotatable bonds is 8. The van der Waals surface area contributed by atoms with Crippen LogP contribution in [0, 0.1) is 0 Å². The second-order valence-corrected chi connectivity index (χ2v) is 30.4. The van der Waals surface area contributed by atoms with Crippen LogP contribution >= 0.6 is 0 Å². The van der Waals surface area contributed by atoms with Crippen LogP contribution in [-0.4, -0.2) is 37.8 Å². The van der Waals surface area contributed by atoms with Crippen LogP contribution in [0.25, 0.3) is 99.4 Å². The molecule has 1 spiro atoms. The molecule has 0 aromatic heterocycles. The minimum absolute atomic E-state index is 0. The van der Waals surface area contributed by atoms with E-state index >= 15 is 0 Å². The van der Waals surface area contributed by atoms with Crippen LogP contribution in [0.5, 0.6) is 5.75 Å². The van der Waals surface area contributed by atoms with E-state index in [0.717, 1.165) is 53.2 Å². The van der Waals surface area contributed by atoms with Gasteiger partial charge in [-0.2, -0.15) is 105 Å². The van der Waals surface area contributed by atoms with Gasteiger partial charge in [0, 0.05) is 39.1 Å². The Morgan fingerprint density at radius 1 is 0.301 bits per heavy atom. The zero-order valence-corrected chi connectivity index (χ0v) is 61.9. The fourth-order valence-corrected chi connectivity index (χ4v) is 15.2. The van der Waals surface area contributed by atoms with Gasteiger partial charge in [0.05, 0.1) is 77.8 Å². The normalized spacial score (nSPS) is 14.8. The quantitative estimate of drug-likeness (QED) is 0.111. The summed E-state index contributed by atoms with van der Waals surface area (Å²) in [7, 11) is 1.54. The Morgan fingerprint density at radius 3 is 0.779 bits per heavy atom. The van der Waals surface area contributed by atoms with Crippen molar-refractivity contribution in [3.05, 3.63) is 249 Å². The summed E-state index contributed by atoms with van der Waals surface area (Å²) in [5.74, 6) is 0.620. The molecule has 13 rings (SSSR count). The van der Waals surface area contributed by atoms with Gasteiger partial charge in [-0.05, 0) is 233 Å². The summed E-state index contributed by atoms with van der Waals surface area (Å²) in [6.07, 6.45) is -43.9. The third-order valence-corrected chi connectivity index (χ3v) is 20.7. The van der Waals surface area contributed by atoms with Crippen LogP contribution in [0.1, 0.15) is 108 Å². The lowest BCUT2D eigenvalue weighted by Crippen LogP contribution is -3.00. The molecule has 594 valence electrons. The monoisotopic (exact) mass is 1660 g/mol. The van der Waals surface area contributed by atoms with Crippen LogP contribution in [0.15, 0.2) is 182 Å². The van der Waals surface area contributed by atoms with Crippen LogP contribution in [-0.2, 0) is 73.3 Å². The number of hydrogen-bond donors (Lipinski definition) is 0. The molecule has 1 fully saturated rings. The largest absolute Gasteiger partial charge is 1.00 e. The zero-order valence-electron chi connectivity index (χ0n) is 60.3. The van der Waals surface area contributed by atoms with E-state index in [1.165, 1.54) is 0 Å². The summed E-state index contributed by atoms with van der Waals surface area (Å²) in [6.45, 7) is 12.1. The van der Waals surface area contributed by atoms with Crippen LogP contribution in [0.2, 0.25) is 0 Å². The highest BCUT2D eigenvalue weighted by Gasteiger charge is 2.46. The average molecular weight is 1660 g/mol. The number of benzene rings is 11.